The summed E-state index contributed by atoms with van der Waals surface area (Å²) in [5.41, 5.74) is 4.14. The van der Waals surface area contributed by atoms with Crippen LogP contribution in [0.3, 0.4) is 0 Å². The lowest BCUT2D eigenvalue weighted by Gasteiger charge is -2.31. The Labute approximate surface area is 384 Å². The fourth-order valence-electron chi connectivity index (χ4n) is 7.58. The third-order valence-electron chi connectivity index (χ3n) is 11.9. The largest absolute Gasteiger partial charge is 0.493 e. The summed E-state index contributed by atoms with van der Waals surface area (Å²) in [5, 5.41) is 23.1. The van der Waals surface area contributed by atoms with Gasteiger partial charge in [0.2, 0.25) is 0 Å². The first-order valence-corrected chi connectivity index (χ1v) is 22.1. The Hall–Kier alpha value is -6.30. The van der Waals surface area contributed by atoms with E-state index >= 15 is 0 Å². The highest BCUT2D eigenvalue weighted by atomic mass is 16.5. The van der Waals surface area contributed by atoms with Gasteiger partial charge in [0.15, 0.2) is 40.3 Å². The molecular weight excluding hydrogens is 825 g/mol. The maximum absolute atomic E-state index is 11.6. The Morgan fingerprint density at radius 1 is 0.492 bits per heavy atom. The predicted octanol–water partition coefficient (Wildman–Crippen LogP) is 11.3. The number of ether oxygens (including phenoxy) is 9. The van der Waals surface area contributed by atoms with Crippen molar-refractivity contribution in [3.05, 3.63) is 166 Å². The van der Waals surface area contributed by atoms with Gasteiger partial charge < -0.3 is 52.8 Å². The lowest BCUT2D eigenvalue weighted by Crippen LogP contribution is -2.23. The van der Waals surface area contributed by atoms with Crippen molar-refractivity contribution in [2.45, 2.75) is 85.3 Å². The number of aliphatic hydroxyl groups is 2. The fourth-order valence-corrected chi connectivity index (χ4v) is 7.58. The van der Waals surface area contributed by atoms with E-state index in [-0.39, 0.29) is 17.8 Å². The first-order chi connectivity index (χ1) is 31.3. The Kier molecular flexibility index (Phi) is 16.7. The van der Waals surface area contributed by atoms with Crippen molar-refractivity contribution >= 4 is 0 Å². The molecule has 2 N–H and O–H groups in total. The van der Waals surface area contributed by atoms with Crippen molar-refractivity contribution in [1.29, 1.82) is 0 Å². The van der Waals surface area contributed by atoms with Gasteiger partial charge in [0.25, 0.3) is 0 Å². The second-order valence-electron chi connectivity index (χ2n) is 16.7. The molecule has 2 unspecified atom stereocenters. The first kappa shape index (κ1) is 48.2. The van der Waals surface area contributed by atoms with E-state index < -0.39 is 30.5 Å². The summed E-state index contributed by atoms with van der Waals surface area (Å²) >= 11 is 0. The highest BCUT2D eigenvalue weighted by molar-refractivity contribution is 5.47. The third kappa shape index (κ3) is 11.9. The molecule has 0 amide bonds. The van der Waals surface area contributed by atoms with Crippen LogP contribution in [0, 0.1) is 17.8 Å². The molecular formula is C54H64O11. The monoisotopic (exact) mass is 888 g/mol. The number of hydrogen-bond donors (Lipinski definition) is 2. The van der Waals surface area contributed by atoms with E-state index in [1.807, 2.05) is 106 Å². The third-order valence-corrected chi connectivity index (χ3v) is 11.9. The van der Waals surface area contributed by atoms with Gasteiger partial charge in [-0.15, -0.1) is 0 Å². The van der Waals surface area contributed by atoms with Crippen molar-refractivity contribution in [3.63, 3.8) is 0 Å². The molecule has 0 spiro atoms. The Bertz CT molecular complexity index is 2360. The molecule has 0 radical (unpaired) electrons. The Balaban J connectivity index is 1.14. The maximum atomic E-state index is 11.6. The molecule has 0 saturated heterocycles. The molecule has 7 atom stereocenters. The smallest absolute Gasteiger partial charge is 0.162 e. The van der Waals surface area contributed by atoms with Gasteiger partial charge in [-0.2, -0.15) is 0 Å². The van der Waals surface area contributed by atoms with Crippen molar-refractivity contribution in [3.8, 4) is 34.5 Å². The zero-order chi connectivity index (χ0) is 46.6. The van der Waals surface area contributed by atoms with E-state index in [9.17, 15) is 10.2 Å². The number of hydrogen-bond acceptors (Lipinski definition) is 11. The highest BCUT2D eigenvalue weighted by Crippen LogP contribution is 2.44. The molecule has 6 rings (SSSR count). The summed E-state index contributed by atoms with van der Waals surface area (Å²) < 4.78 is 54.9. The maximum Gasteiger partial charge on any atom is 0.162 e. The van der Waals surface area contributed by atoms with Gasteiger partial charge in [-0.05, 0) is 96.8 Å². The summed E-state index contributed by atoms with van der Waals surface area (Å²) in [4.78, 5) is 0. The average molecular weight is 889 g/mol. The molecule has 0 aromatic heterocycles. The van der Waals surface area contributed by atoms with Gasteiger partial charge in [0, 0.05) is 6.08 Å². The Morgan fingerprint density at radius 3 is 1.43 bits per heavy atom. The van der Waals surface area contributed by atoms with Crippen LogP contribution in [0.4, 0.5) is 0 Å². The van der Waals surface area contributed by atoms with Crippen molar-refractivity contribution in [2.75, 3.05) is 28.4 Å². The van der Waals surface area contributed by atoms with Crippen LogP contribution in [-0.4, -0.2) is 50.9 Å². The summed E-state index contributed by atoms with van der Waals surface area (Å²) in [6, 6.07) is 36.2. The van der Waals surface area contributed by atoms with Crippen molar-refractivity contribution < 1.29 is 52.8 Å². The number of rotatable bonds is 23. The molecule has 0 heterocycles. The average Bonchev–Trinajstić information content (AvgIpc) is 3.63. The van der Waals surface area contributed by atoms with Gasteiger partial charge in [-0.3, -0.25) is 0 Å². The minimum atomic E-state index is -0.999. The molecule has 5 aromatic carbocycles. The Morgan fingerprint density at radius 2 is 0.954 bits per heavy atom. The van der Waals surface area contributed by atoms with E-state index in [0.717, 1.165) is 16.7 Å². The molecule has 0 bridgehead atoms. The van der Waals surface area contributed by atoms with Gasteiger partial charge in [-0.25, -0.2) is 0 Å². The second kappa shape index (κ2) is 22.5. The highest BCUT2D eigenvalue weighted by Gasteiger charge is 2.35. The fraction of sp³-hybridized carbons (Fsp3) is 0.370. The molecule has 5 aromatic rings. The zero-order valence-corrected chi connectivity index (χ0v) is 39.1. The molecule has 11 heteroatoms. The summed E-state index contributed by atoms with van der Waals surface area (Å²) in [6.45, 7) is 12.8. The van der Waals surface area contributed by atoms with E-state index in [1.54, 1.807) is 64.8 Å². The number of benzene rings is 5. The first-order valence-electron chi connectivity index (χ1n) is 22.1. The SMILES string of the molecule is COC1=C(O[C@H](C)[C@H](O)c2ccc(OC)c(OCc3ccccc3)c2)[C@H](C)C(OC(c2ccc(OC(C)[C@H](O)c3ccc(OC)c(OCc4ccccc4)c3)c(OC)c2)[C@H](C)C(C)C)=C1. The van der Waals surface area contributed by atoms with Crippen LogP contribution in [0.2, 0.25) is 0 Å². The number of allylic oxidation sites excluding steroid dienone is 1. The molecule has 346 valence electrons. The van der Waals surface area contributed by atoms with Crippen molar-refractivity contribution in [1.82, 2.24) is 0 Å². The molecule has 1 aliphatic rings. The molecule has 0 saturated carbocycles. The summed E-state index contributed by atoms with van der Waals surface area (Å²) in [7, 11) is 6.36. The molecule has 11 nitrogen and oxygen atoms in total. The van der Waals surface area contributed by atoms with Crippen LogP contribution in [0.15, 0.2) is 139 Å². The van der Waals surface area contributed by atoms with Crippen LogP contribution >= 0.6 is 0 Å². The van der Waals surface area contributed by atoms with E-state index in [4.69, 9.17) is 42.6 Å². The van der Waals surface area contributed by atoms with E-state index in [0.29, 0.717) is 76.1 Å². The number of methoxy groups -OCH3 is 4. The van der Waals surface area contributed by atoms with E-state index in [2.05, 4.69) is 20.8 Å². The topological polar surface area (TPSA) is 124 Å². The van der Waals surface area contributed by atoms with Crippen LogP contribution < -0.4 is 28.4 Å². The van der Waals surface area contributed by atoms with Gasteiger partial charge in [-0.1, -0.05) is 99.6 Å². The zero-order valence-electron chi connectivity index (χ0n) is 39.1. The van der Waals surface area contributed by atoms with Crippen LogP contribution in [-0.2, 0) is 27.4 Å². The molecule has 1 aliphatic carbocycles. The van der Waals surface area contributed by atoms with Gasteiger partial charge in [0.1, 0.15) is 55.3 Å². The minimum Gasteiger partial charge on any atom is -0.493 e. The van der Waals surface area contributed by atoms with Crippen LogP contribution in [0.5, 0.6) is 34.5 Å². The minimum absolute atomic E-state index is 0.0683. The van der Waals surface area contributed by atoms with Crippen molar-refractivity contribution in [2.24, 2.45) is 17.8 Å². The van der Waals surface area contributed by atoms with E-state index in [1.165, 1.54) is 0 Å². The molecule has 0 aliphatic heterocycles. The quantitative estimate of drug-likeness (QED) is 0.0651. The summed E-state index contributed by atoms with van der Waals surface area (Å²) in [6.07, 6.45) is -1.85. The van der Waals surface area contributed by atoms with Gasteiger partial charge in [0.05, 0.1) is 34.4 Å². The molecule has 0 fully saturated rings. The molecule has 65 heavy (non-hydrogen) atoms. The standard InChI is InChI=1S/C54H64O11/c1-33(2)34(3)53(42-23-26-45(47(29-42)59-9)63-36(5)51(55)40-21-24-43(57-7)48(27-40)61-31-38-17-13-11-14-18-38)65-46-30-50(60-10)54(35(46)4)64-37(6)52(56)41-22-25-44(58-8)49(28-41)62-32-39-19-15-12-16-20-39/h11-30,33-37,51-53,55-56H,31-32H2,1-10H3/t34-,35-,36?,37-,51+,52+,53?/m1/s1. The van der Waals surface area contributed by atoms with Crippen LogP contribution in [0.25, 0.3) is 0 Å². The second-order valence-corrected chi connectivity index (χ2v) is 16.7. The van der Waals surface area contributed by atoms with Gasteiger partial charge >= 0.3 is 0 Å². The van der Waals surface area contributed by atoms with Crippen LogP contribution in [0.1, 0.15) is 87.7 Å². The number of aliphatic hydroxyl groups excluding tert-OH is 2. The normalized spacial score (nSPS) is 16.4. The lowest BCUT2D eigenvalue weighted by molar-refractivity contribution is -0.0127. The lowest BCUT2D eigenvalue weighted by atomic mass is 9.87. The predicted molar refractivity (Wildman–Crippen MR) is 250 cm³/mol. The summed E-state index contributed by atoms with van der Waals surface area (Å²) in [5.74, 6) is 4.87.